The van der Waals surface area contributed by atoms with E-state index in [4.69, 9.17) is 24.8 Å². The fourth-order valence-electron chi connectivity index (χ4n) is 5.07. The first-order valence-electron chi connectivity index (χ1n) is 20.2. The lowest BCUT2D eigenvalue weighted by atomic mass is 10.1. The van der Waals surface area contributed by atoms with E-state index in [1.807, 2.05) is 0 Å². The van der Waals surface area contributed by atoms with E-state index in [0.29, 0.717) is 12.8 Å². The predicted octanol–water partition coefficient (Wildman–Crippen LogP) is 10.2. The molecule has 0 saturated heterocycles. The molecule has 0 aliphatic carbocycles. The van der Waals surface area contributed by atoms with Crippen LogP contribution in [-0.2, 0) is 37.5 Å². The Balaban J connectivity index is 4.41. The van der Waals surface area contributed by atoms with Crippen molar-refractivity contribution >= 4 is 25.7 Å². The third kappa shape index (κ3) is 36.2. The maximum Gasteiger partial charge on any atom is 0.472 e. The molecule has 0 fully saturated rings. The van der Waals surface area contributed by atoms with E-state index >= 15 is 0 Å². The van der Waals surface area contributed by atoms with E-state index < -0.39 is 51.1 Å². The van der Waals surface area contributed by atoms with Crippen LogP contribution in [0.1, 0.15) is 162 Å². The normalized spacial score (nSPS) is 14.3. The first-order chi connectivity index (χ1) is 25.6. The molecule has 0 radical (unpaired) electrons. The Labute approximate surface area is 320 Å². The van der Waals surface area contributed by atoms with Gasteiger partial charge in [-0.2, -0.15) is 0 Å². The number of aliphatic carboxylic acids is 1. The zero-order valence-corrected chi connectivity index (χ0v) is 33.7. The molecule has 53 heavy (non-hydrogen) atoms. The van der Waals surface area contributed by atoms with Gasteiger partial charge in [-0.05, 0) is 70.6 Å². The molecule has 0 spiro atoms. The molecule has 0 aromatic heterocycles. The summed E-state index contributed by atoms with van der Waals surface area (Å²) >= 11 is 0. The van der Waals surface area contributed by atoms with Crippen molar-refractivity contribution in [2.24, 2.45) is 5.73 Å². The summed E-state index contributed by atoms with van der Waals surface area (Å²) in [5, 5.41) is 8.86. The van der Waals surface area contributed by atoms with Gasteiger partial charge in [-0.1, -0.05) is 127 Å². The minimum Gasteiger partial charge on any atom is -0.480 e. The molecule has 0 aliphatic heterocycles. The van der Waals surface area contributed by atoms with Crippen LogP contribution in [0.25, 0.3) is 0 Å². The molecule has 3 atom stereocenters. The van der Waals surface area contributed by atoms with Crippen LogP contribution in [0.15, 0.2) is 48.6 Å². The van der Waals surface area contributed by atoms with Crippen molar-refractivity contribution in [2.75, 3.05) is 19.8 Å². The van der Waals surface area contributed by atoms with Gasteiger partial charge in [-0.25, -0.2) is 4.57 Å². The number of phosphoric ester groups is 1. The maximum absolute atomic E-state index is 12.6. The number of allylic oxidation sites excluding steroid dienone is 8. The van der Waals surface area contributed by atoms with Crippen molar-refractivity contribution in [3.63, 3.8) is 0 Å². The van der Waals surface area contributed by atoms with E-state index in [2.05, 4.69) is 67.0 Å². The lowest BCUT2D eigenvalue weighted by Gasteiger charge is -2.20. The molecule has 3 unspecified atom stereocenters. The second-order valence-corrected chi connectivity index (χ2v) is 14.9. The lowest BCUT2D eigenvalue weighted by molar-refractivity contribution is -0.161. The molecule has 0 amide bonds. The van der Waals surface area contributed by atoms with Crippen LogP contribution in [0.5, 0.6) is 0 Å². The summed E-state index contributed by atoms with van der Waals surface area (Å²) in [6, 6.07) is -1.52. The van der Waals surface area contributed by atoms with Gasteiger partial charge < -0.3 is 25.2 Å². The second kappa shape index (κ2) is 36.4. The Kier molecular flexibility index (Phi) is 34.7. The molecule has 0 aromatic carbocycles. The molecule has 0 saturated carbocycles. The molecule has 12 heteroatoms. The average Bonchev–Trinajstić information content (AvgIpc) is 3.13. The van der Waals surface area contributed by atoms with Gasteiger partial charge in [-0.15, -0.1) is 0 Å². The highest BCUT2D eigenvalue weighted by molar-refractivity contribution is 7.47. The van der Waals surface area contributed by atoms with Gasteiger partial charge in [0.15, 0.2) is 6.10 Å². The number of carbonyl (C=O) groups is 3. The summed E-state index contributed by atoms with van der Waals surface area (Å²) in [7, 11) is -4.72. The molecule has 0 rings (SSSR count). The maximum atomic E-state index is 12.6. The number of hydrogen-bond donors (Lipinski definition) is 3. The fraction of sp³-hybridized carbons (Fsp3) is 0.732. The Morgan fingerprint density at radius 2 is 1.04 bits per heavy atom. The number of nitrogens with two attached hydrogens (primary N) is 1. The van der Waals surface area contributed by atoms with Gasteiger partial charge in [0.25, 0.3) is 0 Å². The Hall–Kier alpha value is -2.56. The molecule has 0 aliphatic rings. The van der Waals surface area contributed by atoms with Gasteiger partial charge in [-0.3, -0.25) is 23.4 Å². The van der Waals surface area contributed by atoms with E-state index in [-0.39, 0.29) is 19.4 Å². The van der Waals surface area contributed by atoms with Gasteiger partial charge in [0.2, 0.25) is 0 Å². The smallest absolute Gasteiger partial charge is 0.472 e. The zero-order chi connectivity index (χ0) is 39.3. The second-order valence-electron chi connectivity index (χ2n) is 13.4. The zero-order valence-electron chi connectivity index (χ0n) is 32.8. The van der Waals surface area contributed by atoms with Crippen LogP contribution in [0, 0.1) is 0 Å². The lowest BCUT2D eigenvalue weighted by Crippen LogP contribution is -2.34. The Bertz CT molecular complexity index is 1090. The first kappa shape index (κ1) is 50.4. The molecule has 0 bridgehead atoms. The Morgan fingerprint density at radius 1 is 0.585 bits per heavy atom. The number of rotatable bonds is 37. The van der Waals surface area contributed by atoms with Gasteiger partial charge in [0, 0.05) is 12.8 Å². The summed E-state index contributed by atoms with van der Waals surface area (Å²) < 4.78 is 32.6. The third-order valence-corrected chi connectivity index (χ3v) is 9.23. The number of hydrogen-bond acceptors (Lipinski definition) is 9. The molecule has 0 heterocycles. The van der Waals surface area contributed by atoms with Crippen LogP contribution in [-0.4, -0.2) is 59.9 Å². The summed E-state index contributed by atoms with van der Waals surface area (Å²) in [6.07, 6.45) is 39.0. The van der Waals surface area contributed by atoms with Crippen molar-refractivity contribution < 1.29 is 47.5 Å². The monoisotopic (exact) mass is 769 g/mol. The van der Waals surface area contributed by atoms with Gasteiger partial charge in [0.1, 0.15) is 12.6 Å². The van der Waals surface area contributed by atoms with Gasteiger partial charge in [0.05, 0.1) is 13.2 Å². The number of carbonyl (C=O) groups excluding carboxylic acids is 2. The van der Waals surface area contributed by atoms with Crippen molar-refractivity contribution in [3.05, 3.63) is 48.6 Å². The van der Waals surface area contributed by atoms with Crippen LogP contribution in [0.3, 0.4) is 0 Å². The largest absolute Gasteiger partial charge is 0.480 e. The standard InChI is InChI=1S/C41H72NO10P/c1-3-5-7-9-11-13-15-16-17-18-19-20-21-22-23-25-27-29-31-33-40(44)52-37(35-50-53(47,48)51-36-38(42)41(45)46)34-49-39(43)32-30-28-26-24-14-12-10-8-6-4-2/h8,10-11,13,16-17,19-20,37-38H,3-7,9,12,14-15,18,21-36,42H2,1-2H3,(H,45,46)(H,47,48)/b10-8-,13-11-,17-16-,20-19-. The highest BCUT2D eigenvalue weighted by atomic mass is 31.2. The van der Waals surface area contributed by atoms with Crippen LogP contribution < -0.4 is 5.73 Å². The first-order valence-corrected chi connectivity index (χ1v) is 21.7. The number of carboxylic acids is 1. The number of phosphoric acid groups is 1. The van der Waals surface area contributed by atoms with Crippen LogP contribution >= 0.6 is 7.82 Å². The highest BCUT2D eigenvalue weighted by Gasteiger charge is 2.28. The summed E-state index contributed by atoms with van der Waals surface area (Å²) in [4.78, 5) is 45.8. The molecular formula is C41H72NO10P. The predicted molar refractivity (Wildman–Crippen MR) is 212 cm³/mol. The van der Waals surface area contributed by atoms with E-state index in [1.54, 1.807) is 0 Å². The van der Waals surface area contributed by atoms with Crippen LogP contribution in [0.4, 0.5) is 0 Å². The molecule has 306 valence electrons. The van der Waals surface area contributed by atoms with E-state index in [9.17, 15) is 23.8 Å². The van der Waals surface area contributed by atoms with Crippen LogP contribution in [0.2, 0.25) is 0 Å². The Morgan fingerprint density at radius 3 is 1.58 bits per heavy atom. The third-order valence-electron chi connectivity index (χ3n) is 8.28. The van der Waals surface area contributed by atoms with Gasteiger partial charge >= 0.3 is 25.7 Å². The van der Waals surface area contributed by atoms with Crippen molar-refractivity contribution in [3.8, 4) is 0 Å². The minimum atomic E-state index is -4.72. The number of carboxylic acid groups (broad SMARTS) is 1. The van der Waals surface area contributed by atoms with Crippen molar-refractivity contribution in [2.45, 2.75) is 174 Å². The molecular weight excluding hydrogens is 697 g/mol. The summed E-state index contributed by atoms with van der Waals surface area (Å²) in [5.74, 6) is -2.41. The topological polar surface area (TPSA) is 172 Å². The van der Waals surface area contributed by atoms with Crippen molar-refractivity contribution in [1.29, 1.82) is 0 Å². The minimum absolute atomic E-state index is 0.143. The highest BCUT2D eigenvalue weighted by Crippen LogP contribution is 2.43. The molecule has 11 nitrogen and oxygen atoms in total. The number of unbranched alkanes of at least 4 members (excludes halogenated alkanes) is 15. The van der Waals surface area contributed by atoms with Crippen molar-refractivity contribution in [1.82, 2.24) is 0 Å². The number of esters is 2. The summed E-state index contributed by atoms with van der Waals surface area (Å²) in [5.41, 5.74) is 5.32. The molecule has 4 N–H and O–H groups in total. The number of ether oxygens (including phenoxy) is 2. The van der Waals surface area contributed by atoms with E-state index in [0.717, 1.165) is 96.3 Å². The molecule has 0 aromatic rings. The average molecular weight is 770 g/mol. The SMILES string of the molecule is CCC/C=C\CCCCCCCC(=O)OCC(COP(=O)(O)OCC(N)C(=O)O)OC(=O)CCCCCCCC/C=C\C/C=C\C/C=C\CCCCC. The quantitative estimate of drug-likeness (QED) is 0.0238. The fourth-order valence-corrected chi connectivity index (χ4v) is 5.85. The van der Waals surface area contributed by atoms with E-state index in [1.165, 1.54) is 25.7 Å². The summed E-state index contributed by atoms with van der Waals surface area (Å²) in [6.45, 7) is 2.67.